The van der Waals surface area contributed by atoms with Crippen molar-refractivity contribution < 1.29 is 14.5 Å². The third-order valence-corrected chi connectivity index (χ3v) is 7.10. The highest BCUT2D eigenvalue weighted by molar-refractivity contribution is 6.22. The van der Waals surface area contributed by atoms with Gasteiger partial charge in [0.2, 0.25) is 11.8 Å². The molecular formula is C29H27N3O4. The maximum absolute atomic E-state index is 12.9. The molecule has 2 aliphatic rings. The van der Waals surface area contributed by atoms with Gasteiger partial charge in [-0.25, -0.2) is 4.90 Å². The van der Waals surface area contributed by atoms with Gasteiger partial charge in [0.1, 0.15) is 5.69 Å². The number of rotatable bonds is 8. The van der Waals surface area contributed by atoms with Crippen molar-refractivity contribution in [3.63, 3.8) is 0 Å². The maximum Gasteiger partial charge on any atom is 0.294 e. The van der Waals surface area contributed by atoms with Crippen LogP contribution >= 0.6 is 0 Å². The number of nitrogens with one attached hydrogen (secondary N) is 1. The van der Waals surface area contributed by atoms with Crippen LogP contribution in [0.1, 0.15) is 36.3 Å². The topological polar surface area (TPSA) is 92.6 Å². The highest BCUT2D eigenvalue weighted by Gasteiger charge is 2.48. The van der Waals surface area contributed by atoms with Crippen molar-refractivity contribution >= 4 is 28.9 Å². The van der Waals surface area contributed by atoms with Crippen LogP contribution in [0.2, 0.25) is 0 Å². The Bertz CT molecular complexity index is 1240. The molecule has 0 saturated carbocycles. The highest BCUT2D eigenvalue weighted by Crippen LogP contribution is 2.40. The Balaban J connectivity index is 1.35. The fraction of sp³-hybridized carbons (Fsp3) is 0.241. The zero-order valence-corrected chi connectivity index (χ0v) is 19.7. The second-order valence-electron chi connectivity index (χ2n) is 9.22. The van der Waals surface area contributed by atoms with Crippen molar-refractivity contribution in [1.82, 2.24) is 0 Å². The molecule has 1 aliphatic heterocycles. The molecule has 0 aromatic heterocycles. The summed E-state index contributed by atoms with van der Waals surface area (Å²) in [5.41, 5.74) is 2.82. The molecule has 7 nitrogen and oxygen atoms in total. The summed E-state index contributed by atoms with van der Waals surface area (Å²) in [5.74, 6) is -1.19. The molecule has 3 aromatic carbocycles. The van der Waals surface area contributed by atoms with Crippen LogP contribution in [0.15, 0.2) is 91.0 Å². The molecule has 182 valence electrons. The number of nitro groups is 1. The van der Waals surface area contributed by atoms with E-state index in [2.05, 4.69) is 29.6 Å². The number of nitro benzene ring substituents is 1. The van der Waals surface area contributed by atoms with Gasteiger partial charge in [0.15, 0.2) is 0 Å². The first kappa shape index (κ1) is 23.5. The van der Waals surface area contributed by atoms with Gasteiger partial charge in [-0.3, -0.25) is 19.7 Å². The van der Waals surface area contributed by atoms with Gasteiger partial charge in [0.05, 0.1) is 22.4 Å². The molecule has 0 spiro atoms. The summed E-state index contributed by atoms with van der Waals surface area (Å²) in [6, 6.07) is 24.9. The van der Waals surface area contributed by atoms with E-state index >= 15 is 0 Å². The molecule has 7 heteroatoms. The van der Waals surface area contributed by atoms with E-state index in [0.29, 0.717) is 25.1 Å². The molecule has 5 rings (SSSR count). The number of allylic oxidation sites excluding steroid dienone is 2. The van der Waals surface area contributed by atoms with Crippen molar-refractivity contribution in [2.75, 3.05) is 16.8 Å². The number of carbonyl (C=O) groups excluding carboxylic acids is 2. The molecule has 0 radical (unpaired) electrons. The van der Waals surface area contributed by atoms with Gasteiger partial charge in [0, 0.05) is 18.5 Å². The molecule has 0 unspecified atom stereocenters. The standard InChI is InChI=1S/C29H27N3O4/c33-28-24-13-7-8-14-25(24)29(34)31(28)22-15-16-26(27(19-22)32(35)36)30-18-17-23(20-9-3-1-4-10-20)21-11-5-2-6-12-21/h1-12,15-16,19,23-25,30H,13-14,17-18H2/t24-,25-/m1/s1. The van der Waals surface area contributed by atoms with Crippen LogP contribution in [0.25, 0.3) is 0 Å². The van der Waals surface area contributed by atoms with E-state index < -0.39 is 4.92 Å². The molecule has 2 amide bonds. The average molecular weight is 482 g/mol. The number of nitrogens with zero attached hydrogens (tertiary/aromatic N) is 2. The number of anilines is 2. The number of imide groups is 1. The third-order valence-electron chi connectivity index (χ3n) is 7.10. The van der Waals surface area contributed by atoms with Crippen LogP contribution in [0.3, 0.4) is 0 Å². The number of hydrogen-bond donors (Lipinski definition) is 1. The van der Waals surface area contributed by atoms with Gasteiger partial charge in [-0.15, -0.1) is 0 Å². The van der Waals surface area contributed by atoms with E-state index in [1.165, 1.54) is 17.2 Å². The minimum absolute atomic E-state index is 0.134. The number of fused-ring (bicyclic) bond motifs is 1. The van der Waals surface area contributed by atoms with Gasteiger partial charge in [-0.2, -0.15) is 0 Å². The van der Waals surface area contributed by atoms with Crippen LogP contribution in [-0.2, 0) is 9.59 Å². The first-order chi connectivity index (χ1) is 17.5. The number of hydrogen-bond acceptors (Lipinski definition) is 5. The smallest absolute Gasteiger partial charge is 0.294 e. The lowest BCUT2D eigenvalue weighted by atomic mass is 9.85. The quantitative estimate of drug-likeness (QED) is 0.193. The van der Waals surface area contributed by atoms with Gasteiger partial charge in [-0.1, -0.05) is 72.8 Å². The fourth-order valence-electron chi connectivity index (χ4n) is 5.26. The Morgan fingerprint density at radius 3 is 1.94 bits per heavy atom. The van der Waals surface area contributed by atoms with E-state index in [1.807, 2.05) is 48.6 Å². The van der Waals surface area contributed by atoms with E-state index in [0.717, 1.165) is 11.3 Å². The zero-order valence-electron chi connectivity index (χ0n) is 19.7. The summed E-state index contributed by atoms with van der Waals surface area (Å²) in [7, 11) is 0. The summed E-state index contributed by atoms with van der Waals surface area (Å²) in [5, 5.41) is 15.1. The predicted molar refractivity (Wildman–Crippen MR) is 139 cm³/mol. The SMILES string of the molecule is O=C1[C@@H]2CC=CC[C@H]2C(=O)N1c1ccc(NCCC(c2ccccc2)c2ccccc2)c([N+](=O)[O-])c1. The lowest BCUT2D eigenvalue weighted by Gasteiger charge is -2.19. The minimum atomic E-state index is -0.475. The summed E-state index contributed by atoms with van der Waals surface area (Å²) >= 11 is 0. The second kappa shape index (κ2) is 10.2. The molecule has 1 N–H and O–H groups in total. The molecular weight excluding hydrogens is 454 g/mol. The molecule has 1 fully saturated rings. The maximum atomic E-state index is 12.9. The fourth-order valence-corrected chi connectivity index (χ4v) is 5.26. The van der Waals surface area contributed by atoms with Crippen molar-refractivity contribution in [1.29, 1.82) is 0 Å². The Morgan fingerprint density at radius 2 is 1.42 bits per heavy atom. The van der Waals surface area contributed by atoms with E-state index in [4.69, 9.17) is 0 Å². The van der Waals surface area contributed by atoms with Gasteiger partial charge >= 0.3 is 0 Å². The molecule has 36 heavy (non-hydrogen) atoms. The normalized spacial score (nSPS) is 19.0. The summed E-state index contributed by atoms with van der Waals surface area (Å²) in [6.07, 6.45) is 5.62. The Kier molecular flexibility index (Phi) is 6.62. The monoisotopic (exact) mass is 481 g/mol. The van der Waals surface area contributed by atoms with E-state index in [1.54, 1.807) is 12.1 Å². The second-order valence-corrected chi connectivity index (χ2v) is 9.22. The first-order valence-corrected chi connectivity index (χ1v) is 12.2. The Hall–Kier alpha value is -4.26. The zero-order chi connectivity index (χ0) is 25.1. The third kappa shape index (κ3) is 4.52. The van der Waals surface area contributed by atoms with Crippen LogP contribution in [0.5, 0.6) is 0 Å². The number of carbonyl (C=O) groups is 2. The molecule has 1 aliphatic carbocycles. The van der Waals surface area contributed by atoms with Crippen molar-refractivity contribution in [2.45, 2.75) is 25.2 Å². The minimum Gasteiger partial charge on any atom is -0.379 e. The average Bonchev–Trinajstić information content (AvgIpc) is 3.17. The Labute approximate surface area is 209 Å². The van der Waals surface area contributed by atoms with Crippen LogP contribution in [0.4, 0.5) is 17.1 Å². The largest absolute Gasteiger partial charge is 0.379 e. The summed E-state index contributed by atoms with van der Waals surface area (Å²) < 4.78 is 0. The molecule has 0 bridgehead atoms. The Morgan fingerprint density at radius 1 is 0.861 bits per heavy atom. The molecule has 2 atom stereocenters. The lowest BCUT2D eigenvalue weighted by Crippen LogP contribution is -2.30. The van der Waals surface area contributed by atoms with Crippen LogP contribution < -0.4 is 10.2 Å². The van der Waals surface area contributed by atoms with Crippen molar-refractivity contribution in [3.8, 4) is 0 Å². The molecule has 3 aromatic rings. The van der Waals surface area contributed by atoms with Gasteiger partial charge in [-0.05, 0) is 42.5 Å². The van der Waals surface area contributed by atoms with Crippen molar-refractivity contribution in [2.24, 2.45) is 11.8 Å². The van der Waals surface area contributed by atoms with E-state index in [9.17, 15) is 19.7 Å². The first-order valence-electron chi connectivity index (χ1n) is 12.2. The summed E-state index contributed by atoms with van der Waals surface area (Å²) in [4.78, 5) is 38.4. The summed E-state index contributed by atoms with van der Waals surface area (Å²) in [6.45, 7) is 0.506. The number of benzene rings is 3. The van der Waals surface area contributed by atoms with Crippen LogP contribution in [-0.4, -0.2) is 23.3 Å². The van der Waals surface area contributed by atoms with Crippen molar-refractivity contribution in [3.05, 3.63) is 112 Å². The van der Waals surface area contributed by atoms with Crippen LogP contribution in [0, 0.1) is 22.0 Å². The molecule has 1 heterocycles. The predicted octanol–water partition coefficient (Wildman–Crippen LogP) is 5.68. The van der Waals surface area contributed by atoms with Gasteiger partial charge in [0.25, 0.3) is 5.69 Å². The lowest BCUT2D eigenvalue weighted by molar-refractivity contribution is -0.383. The van der Waals surface area contributed by atoms with E-state index in [-0.39, 0.29) is 40.9 Å². The highest BCUT2D eigenvalue weighted by atomic mass is 16.6. The molecule has 1 saturated heterocycles. The number of amides is 2. The van der Waals surface area contributed by atoms with Gasteiger partial charge < -0.3 is 5.32 Å².